The SMILES string of the molecule is CC(=O)OCC(=O)[C@@]1(O)CC[C@@H]2[C@@H]3CC[C@H]4CC(=O)CC[C@]4(C)[C@@H]3[C@H](O)C[C@]21C. The van der Waals surface area contributed by atoms with Crippen molar-refractivity contribution in [2.45, 2.75) is 83.8 Å². The third-order valence-electron chi connectivity index (χ3n) is 9.43. The smallest absolute Gasteiger partial charge is 0.303 e. The number of carbonyl (C=O) groups excluding carboxylic acids is 3. The molecule has 0 heterocycles. The monoisotopic (exact) mass is 406 g/mol. The van der Waals surface area contributed by atoms with Gasteiger partial charge in [0.1, 0.15) is 11.4 Å². The highest BCUT2D eigenvalue weighted by Crippen LogP contribution is 2.68. The van der Waals surface area contributed by atoms with Gasteiger partial charge in [-0.3, -0.25) is 14.4 Å². The van der Waals surface area contributed by atoms with Gasteiger partial charge in [-0.05, 0) is 67.6 Å². The van der Waals surface area contributed by atoms with E-state index in [0.29, 0.717) is 37.4 Å². The van der Waals surface area contributed by atoms with E-state index in [-0.39, 0.29) is 23.2 Å². The van der Waals surface area contributed by atoms with Gasteiger partial charge in [-0.2, -0.15) is 0 Å². The maximum absolute atomic E-state index is 12.9. The van der Waals surface area contributed by atoms with Crippen molar-refractivity contribution in [2.75, 3.05) is 6.61 Å². The van der Waals surface area contributed by atoms with E-state index in [4.69, 9.17) is 4.74 Å². The molecule has 162 valence electrons. The quantitative estimate of drug-likeness (QED) is 0.698. The van der Waals surface area contributed by atoms with Gasteiger partial charge in [0.25, 0.3) is 0 Å². The third kappa shape index (κ3) is 2.93. The summed E-state index contributed by atoms with van der Waals surface area (Å²) in [7, 11) is 0. The number of Topliss-reactive ketones (excluding diaryl/α,β-unsaturated/α-hetero) is 2. The summed E-state index contributed by atoms with van der Waals surface area (Å²) < 4.78 is 4.89. The number of rotatable bonds is 3. The number of aliphatic hydroxyl groups excluding tert-OH is 1. The Balaban J connectivity index is 1.63. The average Bonchev–Trinajstić information content (AvgIpc) is 2.91. The van der Waals surface area contributed by atoms with Gasteiger partial charge in [0.15, 0.2) is 6.61 Å². The molecule has 4 rings (SSSR count). The van der Waals surface area contributed by atoms with Crippen LogP contribution < -0.4 is 0 Å². The molecule has 2 N–H and O–H groups in total. The molecule has 4 aliphatic carbocycles. The van der Waals surface area contributed by atoms with Gasteiger partial charge < -0.3 is 14.9 Å². The highest BCUT2D eigenvalue weighted by molar-refractivity contribution is 5.91. The summed E-state index contributed by atoms with van der Waals surface area (Å²) in [6, 6.07) is 0. The van der Waals surface area contributed by atoms with Gasteiger partial charge in [0, 0.05) is 25.2 Å². The lowest BCUT2D eigenvalue weighted by Gasteiger charge is -2.62. The minimum absolute atomic E-state index is 0.0555. The number of ether oxygens (including phenoxy) is 1. The minimum Gasteiger partial charge on any atom is -0.458 e. The van der Waals surface area contributed by atoms with Crippen molar-refractivity contribution < 1.29 is 29.3 Å². The zero-order chi connectivity index (χ0) is 21.2. The van der Waals surface area contributed by atoms with E-state index in [1.807, 2.05) is 6.92 Å². The zero-order valence-corrected chi connectivity index (χ0v) is 17.8. The number of esters is 1. The van der Waals surface area contributed by atoms with Gasteiger partial charge in [-0.15, -0.1) is 0 Å². The van der Waals surface area contributed by atoms with Crippen LogP contribution in [0.5, 0.6) is 0 Å². The van der Waals surface area contributed by atoms with Gasteiger partial charge in [0.05, 0.1) is 6.10 Å². The summed E-state index contributed by atoms with van der Waals surface area (Å²) in [6.07, 6.45) is 4.81. The van der Waals surface area contributed by atoms with E-state index in [9.17, 15) is 24.6 Å². The Labute approximate surface area is 172 Å². The second kappa shape index (κ2) is 6.88. The molecular formula is C23H34O6. The van der Waals surface area contributed by atoms with Crippen LogP contribution in [0.4, 0.5) is 0 Å². The molecule has 29 heavy (non-hydrogen) atoms. The molecule has 0 unspecified atom stereocenters. The average molecular weight is 407 g/mol. The van der Waals surface area contributed by atoms with Crippen LogP contribution >= 0.6 is 0 Å². The van der Waals surface area contributed by atoms with Gasteiger partial charge in [-0.1, -0.05) is 13.8 Å². The Morgan fingerprint density at radius 2 is 1.90 bits per heavy atom. The molecule has 0 aliphatic heterocycles. The second-order valence-electron chi connectivity index (χ2n) is 10.6. The van der Waals surface area contributed by atoms with Crippen molar-refractivity contribution in [1.29, 1.82) is 0 Å². The molecule has 0 radical (unpaired) electrons. The van der Waals surface area contributed by atoms with Crippen LogP contribution in [0.3, 0.4) is 0 Å². The van der Waals surface area contributed by atoms with Crippen molar-refractivity contribution in [3.8, 4) is 0 Å². The summed E-state index contributed by atoms with van der Waals surface area (Å²) in [5.41, 5.74) is -2.35. The fourth-order valence-corrected chi connectivity index (χ4v) is 7.92. The van der Waals surface area contributed by atoms with Gasteiger partial charge in [-0.25, -0.2) is 0 Å². The second-order valence-corrected chi connectivity index (χ2v) is 10.6. The van der Waals surface area contributed by atoms with Crippen LogP contribution in [0, 0.1) is 34.5 Å². The fourth-order valence-electron chi connectivity index (χ4n) is 7.92. The number of carbonyl (C=O) groups is 3. The summed E-state index contributed by atoms with van der Waals surface area (Å²) in [5.74, 6) is 0.182. The maximum Gasteiger partial charge on any atom is 0.303 e. The first-order valence-corrected chi connectivity index (χ1v) is 11.1. The number of hydrogen-bond donors (Lipinski definition) is 2. The van der Waals surface area contributed by atoms with Crippen LogP contribution in [-0.4, -0.2) is 46.1 Å². The van der Waals surface area contributed by atoms with E-state index in [0.717, 1.165) is 25.7 Å². The normalized spacial score (nSPS) is 49.0. The highest BCUT2D eigenvalue weighted by Gasteiger charge is 2.68. The molecule has 0 aromatic rings. The van der Waals surface area contributed by atoms with Crippen molar-refractivity contribution in [2.24, 2.45) is 34.5 Å². The number of ketones is 2. The summed E-state index contributed by atoms with van der Waals surface area (Å²) >= 11 is 0. The minimum atomic E-state index is -1.57. The van der Waals surface area contributed by atoms with Crippen LogP contribution in [0.2, 0.25) is 0 Å². The lowest BCUT2D eigenvalue weighted by atomic mass is 9.43. The lowest BCUT2D eigenvalue weighted by Crippen LogP contribution is -2.63. The molecule has 6 heteroatoms. The first-order chi connectivity index (χ1) is 13.5. The molecule has 0 saturated heterocycles. The predicted molar refractivity (Wildman–Crippen MR) is 105 cm³/mol. The molecular weight excluding hydrogens is 372 g/mol. The molecule has 0 aromatic heterocycles. The van der Waals surface area contributed by atoms with E-state index in [1.54, 1.807) is 0 Å². The summed E-state index contributed by atoms with van der Waals surface area (Å²) in [4.78, 5) is 36.1. The summed E-state index contributed by atoms with van der Waals surface area (Å²) in [5, 5.41) is 22.8. The van der Waals surface area contributed by atoms with Crippen LogP contribution in [-0.2, 0) is 19.1 Å². The third-order valence-corrected chi connectivity index (χ3v) is 9.43. The largest absolute Gasteiger partial charge is 0.458 e. The summed E-state index contributed by atoms with van der Waals surface area (Å²) in [6.45, 7) is 5.02. The van der Waals surface area contributed by atoms with Crippen molar-refractivity contribution in [3.63, 3.8) is 0 Å². The number of hydrogen-bond acceptors (Lipinski definition) is 6. The van der Waals surface area contributed by atoms with E-state index >= 15 is 0 Å². The van der Waals surface area contributed by atoms with Gasteiger partial charge in [0.2, 0.25) is 5.78 Å². The van der Waals surface area contributed by atoms with E-state index in [2.05, 4.69) is 6.92 Å². The first-order valence-electron chi connectivity index (χ1n) is 11.1. The molecule has 0 aromatic carbocycles. The molecule has 4 saturated carbocycles. The Bertz CT molecular complexity index is 733. The zero-order valence-electron chi connectivity index (χ0n) is 17.8. The molecule has 0 bridgehead atoms. The lowest BCUT2D eigenvalue weighted by molar-refractivity contribution is -0.199. The Kier molecular flexibility index (Phi) is 4.97. The molecule has 4 fully saturated rings. The highest BCUT2D eigenvalue weighted by atomic mass is 16.5. The first kappa shape index (κ1) is 21.0. The Morgan fingerprint density at radius 3 is 2.59 bits per heavy atom. The van der Waals surface area contributed by atoms with Crippen LogP contribution in [0.1, 0.15) is 72.1 Å². The van der Waals surface area contributed by atoms with Crippen molar-refractivity contribution >= 4 is 17.5 Å². The van der Waals surface area contributed by atoms with Crippen molar-refractivity contribution in [3.05, 3.63) is 0 Å². The fraction of sp³-hybridized carbons (Fsp3) is 0.870. The molecule has 8 atom stereocenters. The van der Waals surface area contributed by atoms with Crippen LogP contribution in [0.15, 0.2) is 0 Å². The van der Waals surface area contributed by atoms with Gasteiger partial charge >= 0.3 is 5.97 Å². The Hall–Kier alpha value is -1.27. The van der Waals surface area contributed by atoms with Crippen LogP contribution in [0.25, 0.3) is 0 Å². The maximum atomic E-state index is 12.9. The molecule has 6 nitrogen and oxygen atoms in total. The topological polar surface area (TPSA) is 101 Å². The number of aliphatic hydroxyl groups is 2. The van der Waals surface area contributed by atoms with Crippen molar-refractivity contribution in [1.82, 2.24) is 0 Å². The van der Waals surface area contributed by atoms with E-state index < -0.39 is 35.5 Å². The Morgan fingerprint density at radius 1 is 1.17 bits per heavy atom. The molecule has 0 spiro atoms. The molecule has 0 amide bonds. The molecule has 4 aliphatic rings. The standard InChI is InChI=1S/C23H34O6/c1-13(24)29-12-19(27)23(28)9-7-17-16-5-4-14-10-15(25)6-8-21(14,2)20(16)18(26)11-22(17,23)3/h14,16-18,20,26,28H,4-12H2,1-3H3/t14-,16-,17+,18+,20-,21-,22+,23-/m0/s1. The number of fused-ring (bicyclic) bond motifs is 5. The predicted octanol–water partition coefficient (Wildman–Crippen LogP) is 2.43. The van der Waals surface area contributed by atoms with E-state index in [1.165, 1.54) is 6.92 Å².